The fourth-order valence-electron chi connectivity index (χ4n) is 3.23. The fourth-order valence-corrected chi connectivity index (χ4v) is 4.14. The lowest BCUT2D eigenvalue weighted by atomic mass is 10.0. The largest absolute Gasteiger partial charge is 0.490 e. The smallest absolute Gasteiger partial charge is 0.268 e. The summed E-state index contributed by atoms with van der Waals surface area (Å²) in [6.45, 7) is 5.58. The molecule has 1 unspecified atom stereocenters. The molecular formula is C22H25N3O6S. The van der Waals surface area contributed by atoms with Crippen molar-refractivity contribution in [2.24, 2.45) is 5.73 Å². The van der Waals surface area contributed by atoms with Gasteiger partial charge in [0.15, 0.2) is 6.29 Å². The van der Waals surface area contributed by atoms with Crippen molar-refractivity contribution in [3.63, 3.8) is 0 Å². The number of aryl methyl sites for hydroxylation is 3. The minimum atomic E-state index is -1.43. The van der Waals surface area contributed by atoms with Gasteiger partial charge in [-0.15, -0.1) is 11.3 Å². The number of amides is 1. The molecule has 0 aliphatic rings. The average Bonchev–Trinajstić information content (AvgIpc) is 3.38. The highest BCUT2D eigenvalue weighted by atomic mass is 32.1. The van der Waals surface area contributed by atoms with Crippen LogP contribution in [0.3, 0.4) is 0 Å². The van der Waals surface area contributed by atoms with Gasteiger partial charge in [-0.25, -0.2) is 0 Å². The zero-order chi connectivity index (χ0) is 23.4. The quantitative estimate of drug-likeness (QED) is 0.391. The normalized spacial score (nSPS) is 13.0. The highest BCUT2D eigenvalue weighted by Gasteiger charge is 2.20. The topological polar surface area (TPSA) is 149 Å². The summed E-state index contributed by atoms with van der Waals surface area (Å²) >= 11 is 1.29. The van der Waals surface area contributed by atoms with Crippen LogP contribution in [0.5, 0.6) is 5.75 Å². The Balaban J connectivity index is 1.80. The third-order valence-electron chi connectivity index (χ3n) is 4.93. The van der Waals surface area contributed by atoms with Gasteiger partial charge in [-0.2, -0.15) is 4.98 Å². The van der Waals surface area contributed by atoms with E-state index < -0.39 is 18.1 Å². The number of carbonyl (C=O) groups is 2. The zero-order valence-electron chi connectivity index (χ0n) is 18.0. The standard InChI is InChI=1S/C22H25N3O6S/c1-4-13-7-14(5-12(3)19(13)30-10-15(27)8-16(28)20(23)29)21-24-22(31-25-21)17-6-11(2)18(9-26)32-17/h5-7,9,15-16,27-28H,4,8,10H2,1-3H3,(H2,23,29)/t15-,16?/m0/s1. The molecule has 3 rings (SSSR count). The van der Waals surface area contributed by atoms with Crippen LogP contribution in [-0.2, 0) is 11.2 Å². The lowest BCUT2D eigenvalue weighted by molar-refractivity contribution is -0.127. The number of aldehydes is 1. The van der Waals surface area contributed by atoms with Crippen molar-refractivity contribution in [2.75, 3.05) is 6.61 Å². The van der Waals surface area contributed by atoms with Crippen molar-refractivity contribution >= 4 is 23.5 Å². The van der Waals surface area contributed by atoms with Crippen LogP contribution in [0.25, 0.3) is 22.2 Å². The maximum atomic E-state index is 11.1. The summed E-state index contributed by atoms with van der Waals surface area (Å²) in [7, 11) is 0. The monoisotopic (exact) mass is 459 g/mol. The van der Waals surface area contributed by atoms with Crippen molar-refractivity contribution in [3.8, 4) is 27.9 Å². The van der Waals surface area contributed by atoms with E-state index in [0.717, 1.165) is 33.4 Å². The molecular weight excluding hydrogens is 434 g/mol. The highest BCUT2D eigenvalue weighted by Crippen LogP contribution is 2.33. The Morgan fingerprint density at radius 1 is 1.28 bits per heavy atom. The van der Waals surface area contributed by atoms with Gasteiger partial charge in [0.05, 0.1) is 15.9 Å². The molecule has 2 heterocycles. The molecule has 0 saturated heterocycles. The predicted molar refractivity (Wildman–Crippen MR) is 119 cm³/mol. The van der Waals surface area contributed by atoms with Crippen LogP contribution in [0.1, 0.15) is 39.7 Å². The number of ether oxygens (including phenoxy) is 1. The van der Waals surface area contributed by atoms with Gasteiger partial charge in [0.25, 0.3) is 5.89 Å². The first-order valence-corrected chi connectivity index (χ1v) is 10.9. The first-order chi connectivity index (χ1) is 15.2. The maximum Gasteiger partial charge on any atom is 0.268 e. The van der Waals surface area contributed by atoms with Crippen LogP contribution in [0, 0.1) is 13.8 Å². The number of aromatic nitrogens is 2. The van der Waals surface area contributed by atoms with Gasteiger partial charge >= 0.3 is 0 Å². The number of hydrogen-bond donors (Lipinski definition) is 3. The van der Waals surface area contributed by atoms with Crippen molar-refractivity contribution in [1.82, 2.24) is 10.1 Å². The molecule has 0 radical (unpaired) electrons. The van der Waals surface area contributed by atoms with Crippen molar-refractivity contribution in [2.45, 2.75) is 45.8 Å². The number of rotatable bonds is 10. The van der Waals surface area contributed by atoms with Crippen LogP contribution in [0.4, 0.5) is 0 Å². The molecule has 2 atom stereocenters. The first kappa shape index (κ1) is 23.6. The third-order valence-corrected chi connectivity index (χ3v) is 6.08. The molecule has 0 saturated carbocycles. The van der Waals surface area contributed by atoms with Gasteiger partial charge in [-0.1, -0.05) is 12.1 Å². The Hall–Kier alpha value is -3.08. The van der Waals surface area contributed by atoms with E-state index >= 15 is 0 Å². The van der Waals surface area contributed by atoms with Gasteiger partial charge in [0.1, 0.15) is 18.5 Å². The Morgan fingerprint density at radius 3 is 2.66 bits per heavy atom. The molecule has 0 fully saturated rings. The zero-order valence-corrected chi connectivity index (χ0v) is 18.8. The minimum Gasteiger partial charge on any atom is -0.490 e. The summed E-state index contributed by atoms with van der Waals surface area (Å²) in [5.74, 6) is 0.469. The van der Waals surface area contributed by atoms with Crippen LogP contribution in [-0.4, -0.2) is 51.4 Å². The lowest BCUT2D eigenvalue weighted by Gasteiger charge is -2.18. The van der Waals surface area contributed by atoms with Crippen LogP contribution >= 0.6 is 11.3 Å². The first-order valence-electron chi connectivity index (χ1n) is 10.0. The number of thiophene rings is 1. The Bertz CT molecular complexity index is 1120. The van der Waals surface area contributed by atoms with E-state index in [9.17, 15) is 19.8 Å². The molecule has 2 aromatic heterocycles. The number of nitrogens with zero attached hydrogens (tertiary/aromatic N) is 2. The number of carbonyl (C=O) groups excluding carboxylic acids is 2. The molecule has 0 aliphatic heterocycles. The predicted octanol–water partition coefficient (Wildman–Crippen LogP) is 2.43. The number of aliphatic hydroxyl groups is 2. The van der Waals surface area contributed by atoms with Crippen molar-refractivity contribution < 1.29 is 29.1 Å². The van der Waals surface area contributed by atoms with Crippen LogP contribution in [0.2, 0.25) is 0 Å². The fraction of sp³-hybridized carbons (Fsp3) is 0.364. The number of aliphatic hydroxyl groups excluding tert-OH is 2. The van der Waals surface area contributed by atoms with Crippen molar-refractivity contribution in [1.29, 1.82) is 0 Å². The molecule has 0 bridgehead atoms. The van der Waals surface area contributed by atoms with Crippen LogP contribution in [0.15, 0.2) is 22.7 Å². The van der Waals surface area contributed by atoms with E-state index in [1.165, 1.54) is 11.3 Å². The molecule has 4 N–H and O–H groups in total. The Kier molecular flexibility index (Phi) is 7.39. The van der Waals surface area contributed by atoms with E-state index in [0.29, 0.717) is 28.8 Å². The minimum absolute atomic E-state index is 0.0965. The van der Waals surface area contributed by atoms with Gasteiger partial charge in [-0.05, 0) is 55.2 Å². The number of hydrogen-bond acceptors (Lipinski definition) is 9. The van der Waals surface area contributed by atoms with E-state index in [1.54, 1.807) is 0 Å². The second kappa shape index (κ2) is 10.0. The van der Waals surface area contributed by atoms with Crippen LogP contribution < -0.4 is 10.5 Å². The lowest BCUT2D eigenvalue weighted by Crippen LogP contribution is -2.33. The third kappa shape index (κ3) is 5.21. The number of nitrogens with two attached hydrogens (primary N) is 1. The number of benzene rings is 1. The van der Waals surface area contributed by atoms with E-state index in [-0.39, 0.29) is 13.0 Å². The SMILES string of the molecule is CCc1cc(-c2noc(-c3cc(C)c(C=O)s3)n2)cc(C)c1OC[C@@H](O)CC(O)C(N)=O. The average molecular weight is 460 g/mol. The van der Waals surface area contributed by atoms with E-state index in [4.69, 9.17) is 15.0 Å². The van der Waals surface area contributed by atoms with E-state index in [2.05, 4.69) is 10.1 Å². The second-order valence-electron chi connectivity index (χ2n) is 7.45. The summed E-state index contributed by atoms with van der Waals surface area (Å²) in [6, 6.07) is 5.58. The number of primary amides is 1. The Labute approximate surface area is 188 Å². The summed E-state index contributed by atoms with van der Waals surface area (Å²) in [4.78, 5) is 27.9. The Morgan fingerprint density at radius 2 is 2.03 bits per heavy atom. The second-order valence-corrected chi connectivity index (χ2v) is 8.54. The summed E-state index contributed by atoms with van der Waals surface area (Å²) in [5, 5.41) is 23.6. The molecule has 32 heavy (non-hydrogen) atoms. The summed E-state index contributed by atoms with van der Waals surface area (Å²) < 4.78 is 11.2. The molecule has 0 aliphatic carbocycles. The summed E-state index contributed by atoms with van der Waals surface area (Å²) in [6.07, 6.45) is -1.21. The molecule has 9 nitrogen and oxygen atoms in total. The van der Waals surface area contributed by atoms with Crippen molar-refractivity contribution in [3.05, 3.63) is 39.8 Å². The van der Waals surface area contributed by atoms with E-state index in [1.807, 2.05) is 39.0 Å². The molecule has 1 amide bonds. The molecule has 0 spiro atoms. The van der Waals surface area contributed by atoms with Gasteiger partial charge in [0.2, 0.25) is 11.7 Å². The van der Waals surface area contributed by atoms with Gasteiger partial charge in [-0.3, -0.25) is 9.59 Å². The molecule has 170 valence electrons. The summed E-state index contributed by atoms with van der Waals surface area (Å²) in [5.41, 5.74) is 8.30. The maximum absolute atomic E-state index is 11.1. The molecule has 10 heteroatoms. The highest BCUT2D eigenvalue weighted by molar-refractivity contribution is 7.17. The molecule has 1 aromatic carbocycles. The van der Waals surface area contributed by atoms with Gasteiger partial charge in [0, 0.05) is 12.0 Å². The van der Waals surface area contributed by atoms with Gasteiger partial charge < -0.3 is 25.2 Å². The molecule has 3 aromatic rings.